The van der Waals surface area contributed by atoms with Crippen LogP contribution in [0.2, 0.25) is 0 Å². The Morgan fingerprint density at radius 2 is 1.75 bits per heavy atom. The maximum Gasteiger partial charge on any atom is 0.240 e. The van der Waals surface area contributed by atoms with Crippen LogP contribution >= 0.6 is 0 Å². The van der Waals surface area contributed by atoms with E-state index in [9.17, 15) is 8.42 Å². The molecule has 0 spiro atoms. The van der Waals surface area contributed by atoms with Crippen LogP contribution in [0.15, 0.2) is 41.3 Å². The number of hydrogen-bond donors (Lipinski definition) is 1. The number of ether oxygens (including phenoxy) is 2. The van der Waals surface area contributed by atoms with Crippen molar-refractivity contribution < 1.29 is 17.9 Å². The lowest BCUT2D eigenvalue weighted by Crippen LogP contribution is -2.28. The summed E-state index contributed by atoms with van der Waals surface area (Å²) in [6, 6.07) is 10.6. The van der Waals surface area contributed by atoms with Crippen LogP contribution in [0, 0.1) is 20.8 Å². The average Bonchev–Trinajstić information content (AvgIpc) is 2.55. The highest BCUT2D eigenvalue weighted by molar-refractivity contribution is 7.89. The third kappa shape index (κ3) is 4.27. The molecule has 0 aromatic heterocycles. The van der Waals surface area contributed by atoms with Crippen LogP contribution in [0.4, 0.5) is 0 Å². The third-order valence-electron chi connectivity index (χ3n) is 3.88. The van der Waals surface area contributed by atoms with Crippen molar-refractivity contribution in [1.82, 2.24) is 4.72 Å². The molecular weight excluding hydrogens is 326 g/mol. The quantitative estimate of drug-likeness (QED) is 0.781. The summed E-state index contributed by atoms with van der Waals surface area (Å²) in [5.74, 6) is 1.43. The molecule has 1 N–H and O–H groups in total. The van der Waals surface area contributed by atoms with Gasteiger partial charge in [0.1, 0.15) is 18.1 Å². The summed E-state index contributed by atoms with van der Waals surface area (Å²) in [5, 5.41) is 0. The molecule has 0 bridgehead atoms. The van der Waals surface area contributed by atoms with Crippen LogP contribution in [-0.4, -0.2) is 28.7 Å². The first-order valence-electron chi connectivity index (χ1n) is 7.68. The monoisotopic (exact) mass is 349 g/mol. The molecule has 0 radical (unpaired) electrons. The van der Waals surface area contributed by atoms with Crippen molar-refractivity contribution in [1.29, 1.82) is 0 Å². The number of nitrogens with one attached hydrogen (secondary N) is 1. The highest BCUT2D eigenvalue weighted by atomic mass is 32.2. The molecule has 24 heavy (non-hydrogen) atoms. The minimum Gasteiger partial charge on any atom is -0.496 e. The van der Waals surface area contributed by atoms with Gasteiger partial charge in [0.15, 0.2) is 0 Å². The van der Waals surface area contributed by atoms with E-state index in [1.54, 1.807) is 19.2 Å². The van der Waals surface area contributed by atoms with Gasteiger partial charge < -0.3 is 9.47 Å². The van der Waals surface area contributed by atoms with E-state index in [-0.39, 0.29) is 18.0 Å². The van der Waals surface area contributed by atoms with Gasteiger partial charge >= 0.3 is 0 Å². The Balaban J connectivity index is 1.96. The van der Waals surface area contributed by atoms with Gasteiger partial charge in [0.25, 0.3) is 0 Å². The fraction of sp³-hybridized carbons (Fsp3) is 0.333. The van der Waals surface area contributed by atoms with Crippen molar-refractivity contribution in [3.63, 3.8) is 0 Å². The minimum absolute atomic E-state index is 0.195. The molecule has 0 aliphatic rings. The third-order valence-corrected chi connectivity index (χ3v) is 5.34. The summed E-state index contributed by atoms with van der Waals surface area (Å²) >= 11 is 0. The van der Waals surface area contributed by atoms with Crippen LogP contribution in [-0.2, 0) is 10.0 Å². The van der Waals surface area contributed by atoms with Gasteiger partial charge in [0, 0.05) is 6.54 Å². The Labute approximate surface area is 143 Å². The second-order valence-electron chi connectivity index (χ2n) is 5.58. The normalized spacial score (nSPS) is 11.3. The van der Waals surface area contributed by atoms with E-state index in [1.807, 2.05) is 39.0 Å². The predicted molar refractivity (Wildman–Crippen MR) is 94.3 cm³/mol. The molecule has 0 saturated heterocycles. The van der Waals surface area contributed by atoms with Crippen LogP contribution in [0.25, 0.3) is 0 Å². The molecule has 0 atom stereocenters. The second kappa shape index (κ2) is 7.68. The van der Waals surface area contributed by atoms with Gasteiger partial charge in [-0.25, -0.2) is 13.1 Å². The van der Waals surface area contributed by atoms with E-state index in [4.69, 9.17) is 9.47 Å². The van der Waals surface area contributed by atoms with Gasteiger partial charge in [-0.1, -0.05) is 12.1 Å². The number of methoxy groups -OCH3 is 1. The smallest absolute Gasteiger partial charge is 0.240 e. The Morgan fingerprint density at radius 1 is 1.00 bits per heavy atom. The van der Waals surface area contributed by atoms with Gasteiger partial charge in [-0.15, -0.1) is 0 Å². The molecule has 0 saturated carbocycles. The summed E-state index contributed by atoms with van der Waals surface area (Å²) in [6.45, 7) is 6.26. The first-order chi connectivity index (χ1) is 11.3. The number of hydrogen-bond acceptors (Lipinski definition) is 4. The molecule has 0 aliphatic heterocycles. The molecule has 2 rings (SSSR count). The summed E-state index contributed by atoms with van der Waals surface area (Å²) in [5.41, 5.74) is 2.97. The Hall–Kier alpha value is -2.05. The summed E-state index contributed by atoms with van der Waals surface area (Å²) < 4.78 is 38.0. The highest BCUT2D eigenvalue weighted by Crippen LogP contribution is 2.22. The largest absolute Gasteiger partial charge is 0.496 e. The van der Waals surface area contributed by atoms with Gasteiger partial charge in [0.2, 0.25) is 10.0 Å². The molecule has 5 nitrogen and oxygen atoms in total. The molecular formula is C18H23NO4S. The van der Waals surface area contributed by atoms with E-state index >= 15 is 0 Å². The van der Waals surface area contributed by atoms with Crippen molar-refractivity contribution in [2.45, 2.75) is 25.7 Å². The lowest BCUT2D eigenvalue weighted by Gasteiger charge is -2.12. The molecule has 0 amide bonds. The zero-order chi connectivity index (χ0) is 17.7. The van der Waals surface area contributed by atoms with E-state index in [2.05, 4.69) is 4.72 Å². The molecule has 6 heteroatoms. The van der Waals surface area contributed by atoms with Gasteiger partial charge in [0.05, 0.1) is 12.0 Å². The van der Waals surface area contributed by atoms with Gasteiger partial charge in [-0.2, -0.15) is 0 Å². The number of benzene rings is 2. The number of rotatable bonds is 7. The fourth-order valence-corrected chi connectivity index (χ4v) is 3.42. The summed E-state index contributed by atoms with van der Waals surface area (Å²) in [7, 11) is -2.01. The van der Waals surface area contributed by atoms with Crippen LogP contribution in [0.1, 0.15) is 16.7 Å². The Bertz CT molecular complexity index is 816. The molecule has 0 heterocycles. The summed E-state index contributed by atoms with van der Waals surface area (Å²) in [4.78, 5) is 0.215. The molecule has 130 valence electrons. The maximum absolute atomic E-state index is 12.3. The summed E-state index contributed by atoms with van der Waals surface area (Å²) in [6.07, 6.45) is 0. The molecule has 2 aromatic carbocycles. The maximum atomic E-state index is 12.3. The van der Waals surface area contributed by atoms with Crippen LogP contribution in [0.5, 0.6) is 11.5 Å². The van der Waals surface area contributed by atoms with E-state index in [0.29, 0.717) is 5.75 Å². The second-order valence-corrected chi connectivity index (χ2v) is 7.34. The molecule has 2 aromatic rings. The SMILES string of the molecule is COc1ccc(S(=O)(=O)NCCOc2cccc(C)c2C)cc1C. The Kier molecular flexibility index (Phi) is 5.85. The van der Waals surface area contributed by atoms with Crippen LogP contribution in [0.3, 0.4) is 0 Å². The van der Waals surface area contributed by atoms with Crippen LogP contribution < -0.4 is 14.2 Å². The molecule has 0 aliphatic carbocycles. The highest BCUT2D eigenvalue weighted by Gasteiger charge is 2.15. The average molecular weight is 349 g/mol. The predicted octanol–water partition coefficient (Wildman–Crippen LogP) is 2.98. The Morgan fingerprint density at radius 3 is 2.42 bits per heavy atom. The molecule has 0 fully saturated rings. The standard InChI is InChI=1S/C18H23NO4S/c1-13-6-5-7-18(15(13)3)23-11-10-19-24(20,21)16-8-9-17(22-4)14(2)12-16/h5-9,12,19H,10-11H2,1-4H3. The number of aryl methyl sites for hydroxylation is 2. The van der Waals surface area contributed by atoms with Crippen molar-refractivity contribution in [2.75, 3.05) is 20.3 Å². The van der Waals surface area contributed by atoms with E-state index in [1.165, 1.54) is 6.07 Å². The molecule has 0 unspecified atom stereocenters. The van der Waals surface area contributed by atoms with Crippen molar-refractivity contribution >= 4 is 10.0 Å². The first kappa shape index (κ1) is 18.3. The first-order valence-corrected chi connectivity index (χ1v) is 9.17. The fourth-order valence-electron chi connectivity index (χ4n) is 2.32. The van der Waals surface area contributed by atoms with Gasteiger partial charge in [-0.3, -0.25) is 0 Å². The van der Waals surface area contributed by atoms with Gasteiger partial charge in [-0.05, 0) is 61.7 Å². The van der Waals surface area contributed by atoms with Crippen molar-refractivity contribution in [3.8, 4) is 11.5 Å². The van der Waals surface area contributed by atoms with Crippen molar-refractivity contribution in [2.24, 2.45) is 0 Å². The topological polar surface area (TPSA) is 64.6 Å². The lowest BCUT2D eigenvalue weighted by atomic mass is 10.1. The zero-order valence-electron chi connectivity index (χ0n) is 14.4. The van der Waals surface area contributed by atoms with E-state index < -0.39 is 10.0 Å². The minimum atomic E-state index is -3.57. The lowest BCUT2D eigenvalue weighted by molar-refractivity contribution is 0.320. The van der Waals surface area contributed by atoms with Crippen molar-refractivity contribution in [3.05, 3.63) is 53.1 Å². The van der Waals surface area contributed by atoms with E-state index in [0.717, 1.165) is 22.4 Å². The zero-order valence-corrected chi connectivity index (χ0v) is 15.2. The number of sulfonamides is 1.